The Kier molecular flexibility index (Phi) is 34.1. The average molecular weight is 672 g/mol. The second-order valence-electron chi connectivity index (χ2n) is 12.1. The summed E-state index contributed by atoms with van der Waals surface area (Å²) >= 11 is 0. The number of unbranched alkanes of at least 4 members (excludes halogenated alkanes) is 16. The monoisotopic (exact) mass is 671 g/mol. The highest BCUT2D eigenvalue weighted by Crippen LogP contribution is 2.43. The van der Waals surface area contributed by atoms with Gasteiger partial charge >= 0.3 is 13.8 Å². The molecule has 0 saturated carbocycles. The number of phosphoric acid groups is 1. The van der Waals surface area contributed by atoms with Gasteiger partial charge in [0.2, 0.25) is 0 Å². The summed E-state index contributed by atoms with van der Waals surface area (Å²) in [6.45, 7) is 4.75. The number of rotatable bonds is 35. The summed E-state index contributed by atoms with van der Waals surface area (Å²) in [5.41, 5.74) is 5.34. The minimum absolute atomic E-state index is 0.0966. The van der Waals surface area contributed by atoms with E-state index in [1.165, 1.54) is 64.2 Å². The molecule has 0 aliphatic carbocycles. The zero-order chi connectivity index (χ0) is 33.8. The first-order valence-corrected chi connectivity index (χ1v) is 20.0. The Labute approximate surface area is 282 Å². The molecule has 0 aromatic heterocycles. The number of carbonyl (C=O) groups is 1. The maximum absolute atomic E-state index is 12.5. The quantitative estimate of drug-likeness (QED) is 0.0296. The predicted molar refractivity (Wildman–Crippen MR) is 192 cm³/mol. The van der Waals surface area contributed by atoms with Crippen LogP contribution in [0.3, 0.4) is 0 Å². The molecule has 270 valence electrons. The van der Waals surface area contributed by atoms with E-state index in [0.717, 1.165) is 70.6 Å². The van der Waals surface area contributed by atoms with Gasteiger partial charge < -0.3 is 20.1 Å². The van der Waals surface area contributed by atoms with Crippen LogP contribution in [0.2, 0.25) is 0 Å². The molecule has 0 radical (unpaired) electrons. The van der Waals surface area contributed by atoms with E-state index in [1.54, 1.807) is 0 Å². The fourth-order valence-corrected chi connectivity index (χ4v) is 5.66. The van der Waals surface area contributed by atoms with Crippen molar-refractivity contribution in [2.75, 3.05) is 33.0 Å². The molecule has 0 saturated heterocycles. The summed E-state index contributed by atoms with van der Waals surface area (Å²) in [6.07, 6.45) is 37.3. The van der Waals surface area contributed by atoms with Crippen LogP contribution in [0.15, 0.2) is 36.5 Å². The molecule has 0 fully saturated rings. The lowest BCUT2D eigenvalue weighted by Crippen LogP contribution is -2.28. The average Bonchev–Trinajstić information content (AvgIpc) is 3.04. The summed E-state index contributed by atoms with van der Waals surface area (Å²) in [4.78, 5) is 22.3. The van der Waals surface area contributed by atoms with Crippen LogP contribution < -0.4 is 5.73 Å². The smallest absolute Gasteiger partial charge is 0.457 e. The van der Waals surface area contributed by atoms with Crippen LogP contribution in [0, 0.1) is 0 Å². The fraction of sp³-hybridized carbons (Fsp3) is 0.811. The van der Waals surface area contributed by atoms with Gasteiger partial charge in [-0.15, -0.1) is 0 Å². The Morgan fingerprint density at radius 3 is 1.83 bits per heavy atom. The molecule has 9 heteroatoms. The van der Waals surface area contributed by atoms with Crippen molar-refractivity contribution in [1.29, 1.82) is 0 Å². The highest BCUT2D eigenvalue weighted by molar-refractivity contribution is 7.47. The number of carbonyl (C=O) groups excluding carboxylic acids is 1. The number of ether oxygens (including phenoxy) is 2. The summed E-state index contributed by atoms with van der Waals surface area (Å²) < 4.78 is 33.2. The molecular formula is C37H70NO7P. The molecule has 0 aliphatic heterocycles. The molecule has 0 aliphatic rings. The fourth-order valence-electron chi connectivity index (χ4n) is 4.89. The van der Waals surface area contributed by atoms with Crippen LogP contribution in [0.25, 0.3) is 0 Å². The Morgan fingerprint density at radius 1 is 0.674 bits per heavy atom. The van der Waals surface area contributed by atoms with Crippen molar-refractivity contribution >= 4 is 13.8 Å². The number of phosphoric ester groups is 1. The van der Waals surface area contributed by atoms with Crippen molar-refractivity contribution in [2.24, 2.45) is 5.73 Å². The maximum Gasteiger partial charge on any atom is 0.472 e. The van der Waals surface area contributed by atoms with Crippen molar-refractivity contribution < 1.29 is 32.8 Å². The van der Waals surface area contributed by atoms with Crippen molar-refractivity contribution in [3.63, 3.8) is 0 Å². The van der Waals surface area contributed by atoms with Gasteiger partial charge in [-0.3, -0.25) is 13.8 Å². The SMILES string of the molecule is CC/C=C\C/C=C\C/C=C\CCCCCCOCC(COP(=O)(O)OCCN)OC(=O)CCCCCCCCCCCCCCC. The molecular weight excluding hydrogens is 601 g/mol. The van der Waals surface area contributed by atoms with Crippen LogP contribution >= 0.6 is 7.82 Å². The van der Waals surface area contributed by atoms with Crippen LogP contribution in [0.1, 0.15) is 155 Å². The van der Waals surface area contributed by atoms with Gasteiger partial charge in [0, 0.05) is 19.6 Å². The zero-order valence-corrected chi connectivity index (χ0v) is 30.4. The van der Waals surface area contributed by atoms with E-state index < -0.39 is 13.9 Å². The van der Waals surface area contributed by atoms with E-state index in [0.29, 0.717) is 13.0 Å². The molecule has 0 heterocycles. The molecule has 0 aromatic carbocycles. The number of nitrogens with two attached hydrogens (primary N) is 1. The zero-order valence-electron chi connectivity index (χ0n) is 29.6. The van der Waals surface area contributed by atoms with E-state index in [2.05, 4.69) is 50.3 Å². The van der Waals surface area contributed by atoms with Gasteiger partial charge in [-0.1, -0.05) is 140 Å². The molecule has 2 atom stereocenters. The molecule has 0 aromatic rings. The van der Waals surface area contributed by atoms with Crippen LogP contribution in [0.4, 0.5) is 0 Å². The first-order chi connectivity index (χ1) is 22.4. The van der Waals surface area contributed by atoms with Gasteiger partial charge in [0.1, 0.15) is 6.10 Å². The minimum atomic E-state index is -4.27. The Morgan fingerprint density at radius 2 is 1.22 bits per heavy atom. The lowest BCUT2D eigenvalue weighted by atomic mass is 10.0. The van der Waals surface area contributed by atoms with Crippen molar-refractivity contribution in [1.82, 2.24) is 0 Å². The lowest BCUT2D eigenvalue weighted by molar-refractivity contribution is -0.154. The number of hydrogen-bond donors (Lipinski definition) is 2. The van der Waals surface area contributed by atoms with E-state index in [4.69, 9.17) is 24.3 Å². The summed E-state index contributed by atoms with van der Waals surface area (Å²) in [5, 5.41) is 0. The molecule has 46 heavy (non-hydrogen) atoms. The van der Waals surface area contributed by atoms with Gasteiger partial charge in [-0.2, -0.15) is 0 Å². The highest BCUT2D eigenvalue weighted by Gasteiger charge is 2.25. The summed E-state index contributed by atoms with van der Waals surface area (Å²) in [5.74, 6) is -0.340. The van der Waals surface area contributed by atoms with Crippen molar-refractivity contribution in [3.8, 4) is 0 Å². The largest absolute Gasteiger partial charge is 0.472 e. The number of allylic oxidation sites excluding steroid dienone is 6. The summed E-state index contributed by atoms with van der Waals surface area (Å²) in [6, 6.07) is 0. The third kappa shape index (κ3) is 34.1. The number of hydrogen-bond acceptors (Lipinski definition) is 7. The molecule has 0 amide bonds. The summed E-state index contributed by atoms with van der Waals surface area (Å²) in [7, 11) is -4.27. The Balaban J connectivity index is 4.14. The Hall–Kier alpha value is -1.28. The predicted octanol–water partition coefficient (Wildman–Crippen LogP) is 10.3. The number of esters is 1. The second-order valence-corrected chi connectivity index (χ2v) is 13.5. The van der Waals surface area contributed by atoms with Gasteiger partial charge in [-0.25, -0.2) is 4.57 Å². The molecule has 0 bridgehead atoms. The van der Waals surface area contributed by atoms with Gasteiger partial charge in [0.15, 0.2) is 0 Å². The van der Waals surface area contributed by atoms with E-state index in [9.17, 15) is 14.3 Å². The van der Waals surface area contributed by atoms with Gasteiger partial charge in [0.05, 0.1) is 19.8 Å². The molecule has 3 N–H and O–H groups in total. The maximum atomic E-state index is 12.5. The highest BCUT2D eigenvalue weighted by atomic mass is 31.2. The Bertz CT molecular complexity index is 803. The van der Waals surface area contributed by atoms with Gasteiger partial charge in [0.25, 0.3) is 0 Å². The topological polar surface area (TPSA) is 117 Å². The normalized spacial score (nSPS) is 14.1. The van der Waals surface area contributed by atoms with Crippen LogP contribution in [-0.4, -0.2) is 49.9 Å². The molecule has 8 nitrogen and oxygen atoms in total. The van der Waals surface area contributed by atoms with Crippen molar-refractivity contribution in [2.45, 2.75) is 161 Å². The van der Waals surface area contributed by atoms with Crippen LogP contribution in [-0.2, 0) is 27.9 Å². The third-order valence-corrected chi connectivity index (χ3v) is 8.56. The van der Waals surface area contributed by atoms with E-state index in [1.807, 2.05) is 0 Å². The van der Waals surface area contributed by atoms with E-state index in [-0.39, 0.29) is 32.3 Å². The van der Waals surface area contributed by atoms with Crippen molar-refractivity contribution in [3.05, 3.63) is 36.5 Å². The van der Waals surface area contributed by atoms with Gasteiger partial charge in [-0.05, 0) is 44.9 Å². The minimum Gasteiger partial charge on any atom is -0.457 e. The van der Waals surface area contributed by atoms with Crippen LogP contribution in [0.5, 0.6) is 0 Å². The molecule has 0 rings (SSSR count). The standard InChI is InChI=1S/C37H70NO7P/c1-3-5-7-9-11-13-15-17-19-21-23-25-27-29-32-42-34-36(35-44-46(40,41)43-33-31-38)45-37(39)30-28-26-24-22-20-18-16-14-12-10-8-6-4-2/h5,7,11,13,17,19,36H,3-4,6,8-10,12,14-16,18,20-35,38H2,1-2H3,(H,40,41)/b7-5-,13-11-,19-17-. The van der Waals surface area contributed by atoms with E-state index >= 15 is 0 Å². The first-order valence-electron chi connectivity index (χ1n) is 18.5. The first kappa shape index (κ1) is 44.7. The molecule has 0 spiro atoms. The lowest BCUT2D eigenvalue weighted by Gasteiger charge is -2.20. The molecule has 2 unspecified atom stereocenters. The second kappa shape index (κ2) is 35.0. The third-order valence-electron chi connectivity index (χ3n) is 7.57.